The molecule has 2 atom stereocenters. The van der Waals surface area contributed by atoms with Crippen LogP contribution in [0.5, 0.6) is 0 Å². The predicted molar refractivity (Wildman–Crippen MR) is 108 cm³/mol. The fourth-order valence-corrected chi connectivity index (χ4v) is 3.95. The number of fused-ring (bicyclic) bond motifs is 1. The molecule has 1 amide bonds. The highest BCUT2D eigenvalue weighted by Gasteiger charge is 2.44. The van der Waals surface area contributed by atoms with Gasteiger partial charge < -0.3 is 15.0 Å². The van der Waals surface area contributed by atoms with E-state index in [0.29, 0.717) is 6.54 Å². The molecule has 2 N–H and O–H groups in total. The first-order valence-corrected chi connectivity index (χ1v) is 9.45. The van der Waals surface area contributed by atoms with Gasteiger partial charge in [-0.2, -0.15) is 0 Å². The van der Waals surface area contributed by atoms with Gasteiger partial charge in [0.15, 0.2) is 0 Å². The van der Waals surface area contributed by atoms with Gasteiger partial charge in [0.25, 0.3) is 0 Å². The van der Waals surface area contributed by atoms with E-state index in [2.05, 4.69) is 15.0 Å². The van der Waals surface area contributed by atoms with Gasteiger partial charge in [-0.05, 0) is 17.7 Å². The van der Waals surface area contributed by atoms with Crippen LogP contribution in [0.3, 0.4) is 0 Å². The van der Waals surface area contributed by atoms with Gasteiger partial charge in [-0.25, -0.2) is 4.98 Å². The van der Waals surface area contributed by atoms with Gasteiger partial charge in [-0.3, -0.25) is 14.8 Å². The lowest BCUT2D eigenvalue weighted by Crippen LogP contribution is -2.48. The van der Waals surface area contributed by atoms with E-state index in [0.717, 1.165) is 45.8 Å². The minimum absolute atomic E-state index is 0.00134. The number of para-hydroxylation sites is 2. The van der Waals surface area contributed by atoms with Crippen LogP contribution in [0.25, 0.3) is 22.3 Å². The van der Waals surface area contributed by atoms with Crippen LogP contribution < -0.4 is 0 Å². The monoisotopic (exact) mass is 385 g/mol. The fraction of sp³-hybridized carbons (Fsp3) is 0.182. The molecule has 4 aromatic rings. The van der Waals surface area contributed by atoms with Gasteiger partial charge in [-0.1, -0.05) is 36.4 Å². The number of rotatable bonds is 5. The molecule has 1 fully saturated rings. The van der Waals surface area contributed by atoms with Crippen molar-refractivity contribution in [1.29, 1.82) is 0 Å². The van der Waals surface area contributed by atoms with E-state index < -0.39 is 0 Å². The number of aromatic amines is 1. The summed E-state index contributed by atoms with van der Waals surface area (Å²) in [6, 6.07) is 15.2. The lowest BCUT2D eigenvalue weighted by atomic mass is 9.83. The summed E-state index contributed by atoms with van der Waals surface area (Å²) in [5, 5.41) is 9.29. The van der Waals surface area contributed by atoms with E-state index >= 15 is 0 Å². The molecule has 1 aliphatic heterocycles. The SMILES string of the molecule is O=CN1CC(c2nccnc2-c2ccc(CO)cc2)C1c1nc2ccccc2[nH]1. The average Bonchev–Trinajstić information content (AvgIpc) is 3.17. The Morgan fingerprint density at radius 1 is 1.10 bits per heavy atom. The summed E-state index contributed by atoms with van der Waals surface area (Å²) in [4.78, 5) is 30.6. The number of hydrogen-bond acceptors (Lipinski definition) is 5. The number of benzene rings is 2. The second-order valence-corrected chi connectivity index (χ2v) is 7.14. The van der Waals surface area contributed by atoms with Gasteiger partial charge >= 0.3 is 0 Å². The highest BCUT2D eigenvalue weighted by Crippen LogP contribution is 2.45. The predicted octanol–water partition coefficient (Wildman–Crippen LogP) is 2.81. The van der Waals surface area contributed by atoms with Gasteiger partial charge in [-0.15, -0.1) is 0 Å². The third kappa shape index (κ3) is 2.96. The molecule has 2 aromatic carbocycles. The average molecular weight is 385 g/mol. The molecule has 7 heteroatoms. The third-order valence-corrected chi connectivity index (χ3v) is 5.46. The molecular weight excluding hydrogens is 366 g/mol. The molecule has 7 nitrogen and oxygen atoms in total. The summed E-state index contributed by atoms with van der Waals surface area (Å²) in [5.74, 6) is 0.740. The Morgan fingerprint density at radius 2 is 1.90 bits per heavy atom. The van der Waals surface area contributed by atoms with Crippen molar-refractivity contribution in [1.82, 2.24) is 24.8 Å². The van der Waals surface area contributed by atoms with Crippen LogP contribution >= 0.6 is 0 Å². The Morgan fingerprint density at radius 3 is 2.66 bits per heavy atom. The zero-order valence-electron chi connectivity index (χ0n) is 15.6. The molecule has 0 aliphatic carbocycles. The molecule has 2 unspecified atom stereocenters. The normalized spacial score (nSPS) is 18.6. The van der Waals surface area contributed by atoms with E-state index in [1.54, 1.807) is 17.3 Å². The van der Waals surface area contributed by atoms with Crippen molar-refractivity contribution >= 4 is 17.4 Å². The first-order valence-electron chi connectivity index (χ1n) is 9.45. The minimum atomic E-state index is -0.216. The Balaban J connectivity index is 1.55. The molecule has 2 aromatic heterocycles. The van der Waals surface area contributed by atoms with E-state index in [9.17, 15) is 9.90 Å². The van der Waals surface area contributed by atoms with E-state index in [4.69, 9.17) is 4.98 Å². The van der Waals surface area contributed by atoms with Crippen LogP contribution in [0.1, 0.15) is 29.0 Å². The second kappa shape index (κ2) is 7.10. The largest absolute Gasteiger partial charge is 0.392 e. The van der Waals surface area contributed by atoms with Crippen LogP contribution in [0.15, 0.2) is 60.9 Å². The Bertz CT molecular complexity index is 1140. The van der Waals surface area contributed by atoms with Crippen molar-refractivity contribution in [3.63, 3.8) is 0 Å². The summed E-state index contributed by atoms with van der Waals surface area (Å²) in [6.45, 7) is 0.560. The third-order valence-electron chi connectivity index (χ3n) is 5.46. The number of nitrogens with one attached hydrogen (secondary N) is 1. The van der Waals surface area contributed by atoms with Gasteiger partial charge in [0.2, 0.25) is 6.41 Å². The summed E-state index contributed by atoms with van der Waals surface area (Å²) in [5.41, 5.74) is 5.21. The zero-order chi connectivity index (χ0) is 19.8. The quantitative estimate of drug-likeness (QED) is 0.515. The molecule has 0 spiro atoms. The second-order valence-electron chi connectivity index (χ2n) is 7.14. The first kappa shape index (κ1) is 17.5. The number of imidazole rings is 1. The molecule has 0 radical (unpaired) electrons. The lowest BCUT2D eigenvalue weighted by molar-refractivity contribution is -0.127. The summed E-state index contributed by atoms with van der Waals surface area (Å²) in [6.07, 6.45) is 4.21. The van der Waals surface area contributed by atoms with Gasteiger partial charge in [0.1, 0.15) is 5.82 Å². The topological polar surface area (TPSA) is 95.0 Å². The minimum Gasteiger partial charge on any atom is -0.392 e. The molecule has 0 bridgehead atoms. The smallest absolute Gasteiger partial charge is 0.210 e. The number of aliphatic hydroxyl groups is 1. The van der Waals surface area contributed by atoms with Crippen LogP contribution in [-0.2, 0) is 11.4 Å². The number of carbonyl (C=O) groups excluding carboxylic acids is 1. The van der Waals surface area contributed by atoms with Crippen LogP contribution in [-0.4, -0.2) is 42.9 Å². The van der Waals surface area contributed by atoms with Crippen molar-refractivity contribution in [2.75, 3.05) is 6.54 Å². The Labute approximate surface area is 167 Å². The number of amides is 1. The number of H-pyrrole nitrogens is 1. The molecular formula is C22H19N5O2. The fourth-order valence-electron chi connectivity index (χ4n) is 3.95. The summed E-state index contributed by atoms with van der Waals surface area (Å²) >= 11 is 0. The standard InChI is InChI=1S/C22H19N5O2/c28-12-14-5-7-15(8-6-14)19-20(24-10-9-23-19)16-11-27(13-29)21(16)22-25-17-3-1-2-4-18(17)26-22/h1-10,13,16,21,28H,11-12H2,(H,25,26). The van der Waals surface area contributed by atoms with E-state index in [1.165, 1.54) is 0 Å². The van der Waals surface area contributed by atoms with Crippen molar-refractivity contribution < 1.29 is 9.90 Å². The number of aliphatic hydroxyl groups excluding tert-OH is 1. The van der Waals surface area contributed by atoms with Crippen LogP contribution in [0.4, 0.5) is 0 Å². The van der Waals surface area contributed by atoms with Crippen molar-refractivity contribution in [3.8, 4) is 11.3 Å². The maximum absolute atomic E-state index is 11.6. The van der Waals surface area contributed by atoms with E-state index in [-0.39, 0.29) is 18.6 Å². The number of aromatic nitrogens is 4. The molecule has 144 valence electrons. The molecule has 0 saturated carbocycles. The number of hydrogen-bond donors (Lipinski definition) is 2. The maximum atomic E-state index is 11.6. The van der Waals surface area contributed by atoms with Crippen LogP contribution in [0, 0.1) is 0 Å². The highest BCUT2D eigenvalue weighted by molar-refractivity contribution is 5.75. The molecule has 1 aliphatic rings. The lowest BCUT2D eigenvalue weighted by Gasteiger charge is -2.44. The molecule has 1 saturated heterocycles. The highest BCUT2D eigenvalue weighted by atomic mass is 16.3. The maximum Gasteiger partial charge on any atom is 0.210 e. The number of likely N-dealkylation sites (tertiary alicyclic amines) is 1. The molecule has 5 rings (SSSR count). The number of nitrogens with zero attached hydrogens (tertiary/aromatic N) is 4. The first-order chi connectivity index (χ1) is 14.3. The van der Waals surface area contributed by atoms with Crippen LogP contribution in [0.2, 0.25) is 0 Å². The summed E-state index contributed by atoms with van der Waals surface area (Å²) in [7, 11) is 0. The molecule has 3 heterocycles. The van der Waals surface area contributed by atoms with Gasteiger partial charge in [0.05, 0.1) is 35.1 Å². The van der Waals surface area contributed by atoms with Crippen molar-refractivity contribution in [2.24, 2.45) is 0 Å². The van der Waals surface area contributed by atoms with Gasteiger partial charge in [0, 0.05) is 30.4 Å². The van der Waals surface area contributed by atoms with Crippen molar-refractivity contribution in [2.45, 2.75) is 18.6 Å². The zero-order valence-corrected chi connectivity index (χ0v) is 15.6. The molecule has 29 heavy (non-hydrogen) atoms. The Hall–Kier alpha value is -3.58. The number of carbonyl (C=O) groups is 1. The van der Waals surface area contributed by atoms with Crippen molar-refractivity contribution in [3.05, 3.63) is 78.0 Å². The Kier molecular flexibility index (Phi) is 4.29. The van der Waals surface area contributed by atoms with E-state index in [1.807, 2.05) is 48.5 Å². The summed E-state index contributed by atoms with van der Waals surface area (Å²) < 4.78 is 0.